The van der Waals surface area contributed by atoms with Crippen LogP contribution in [0.3, 0.4) is 0 Å². The number of carbonyl (C=O) groups excluding carboxylic acids is 1. The molecular formula is C27H33Cl2N3O3. The molecular weight excluding hydrogens is 485 g/mol. The van der Waals surface area contributed by atoms with E-state index >= 15 is 0 Å². The van der Waals surface area contributed by atoms with Crippen molar-refractivity contribution in [2.75, 3.05) is 20.3 Å². The number of amides is 1. The molecule has 1 saturated carbocycles. The number of nitrogens with two attached hydrogens (primary N) is 1. The number of halogens is 2. The number of benzene rings is 2. The van der Waals surface area contributed by atoms with Gasteiger partial charge in [0.05, 0.1) is 30.2 Å². The second kappa shape index (κ2) is 10.1. The molecule has 8 heteroatoms. The van der Waals surface area contributed by atoms with E-state index in [2.05, 4.69) is 10.3 Å². The molecule has 35 heavy (non-hydrogen) atoms. The minimum atomic E-state index is -0.974. The number of rotatable bonds is 6. The molecule has 188 valence electrons. The summed E-state index contributed by atoms with van der Waals surface area (Å²) in [6.45, 7) is 4.25. The van der Waals surface area contributed by atoms with Crippen molar-refractivity contribution in [1.82, 2.24) is 5.32 Å². The van der Waals surface area contributed by atoms with Gasteiger partial charge in [-0.25, -0.2) is 0 Å². The molecule has 1 amide bonds. The van der Waals surface area contributed by atoms with Crippen LogP contribution >= 0.6 is 23.2 Å². The van der Waals surface area contributed by atoms with E-state index in [0.717, 1.165) is 16.7 Å². The lowest BCUT2D eigenvalue weighted by Gasteiger charge is -2.54. The number of ether oxygens (including phenoxy) is 1. The number of nitrogens with one attached hydrogen (secondary N) is 1. The Labute approximate surface area is 216 Å². The van der Waals surface area contributed by atoms with Crippen LogP contribution in [0, 0.1) is 11.3 Å². The van der Waals surface area contributed by atoms with Crippen molar-refractivity contribution < 1.29 is 14.6 Å². The highest BCUT2D eigenvalue weighted by atomic mass is 35.5. The molecule has 1 saturated heterocycles. The average Bonchev–Trinajstić information content (AvgIpc) is 3.16. The smallest absolute Gasteiger partial charge is 0.226 e. The third-order valence-electron chi connectivity index (χ3n) is 8.02. The summed E-state index contributed by atoms with van der Waals surface area (Å²) in [5.74, 6) is -0.0272. The normalized spacial score (nSPS) is 30.7. The first kappa shape index (κ1) is 26.0. The first-order valence-electron chi connectivity index (χ1n) is 12.1. The Bertz CT molecular complexity index is 1120. The standard InChI is InChI=1S/C27H33Cl2N3O3/c1-4-26-13-12-20(19-11-6-16(14-21(19)29)24(31-3)35-5-2)27(30,17-7-9-18(28)10-8-17)23(26)22(15-33)32-25(26)34/h6-11,14,20,22-23,33H,4-5,12-13,15,30H2,1-3H3,(H,32,34)/t20-,22+,23+,26+,27+/m0/s1. The highest BCUT2D eigenvalue weighted by Gasteiger charge is 2.65. The number of aliphatic hydroxyl groups is 1. The number of nitrogens with zero attached hydrogens (tertiary/aromatic N) is 1. The molecule has 2 fully saturated rings. The zero-order valence-corrected chi connectivity index (χ0v) is 21.9. The van der Waals surface area contributed by atoms with Gasteiger partial charge in [0.1, 0.15) is 0 Å². The molecule has 0 bridgehead atoms. The largest absolute Gasteiger partial charge is 0.478 e. The van der Waals surface area contributed by atoms with Crippen molar-refractivity contribution in [3.05, 3.63) is 69.2 Å². The molecule has 2 aromatic rings. The summed E-state index contributed by atoms with van der Waals surface area (Å²) in [7, 11) is 1.68. The molecule has 0 spiro atoms. The van der Waals surface area contributed by atoms with Gasteiger partial charge in [0.2, 0.25) is 11.8 Å². The first-order chi connectivity index (χ1) is 16.8. The quantitative estimate of drug-likeness (QED) is 0.384. The van der Waals surface area contributed by atoms with E-state index in [4.69, 9.17) is 33.7 Å². The molecule has 4 rings (SSSR count). The fourth-order valence-corrected chi connectivity index (χ4v) is 6.87. The van der Waals surface area contributed by atoms with E-state index < -0.39 is 17.0 Å². The number of carbonyl (C=O) groups is 1. The molecule has 0 aromatic heterocycles. The zero-order chi connectivity index (χ0) is 25.4. The van der Waals surface area contributed by atoms with Gasteiger partial charge >= 0.3 is 0 Å². The lowest BCUT2D eigenvalue weighted by Crippen LogP contribution is -2.61. The van der Waals surface area contributed by atoms with Crippen molar-refractivity contribution in [3.8, 4) is 0 Å². The van der Waals surface area contributed by atoms with Gasteiger partial charge in [0.15, 0.2) is 0 Å². The molecule has 0 unspecified atom stereocenters. The maximum atomic E-state index is 13.3. The molecule has 2 aliphatic rings. The second-order valence-corrected chi connectivity index (χ2v) is 10.3. The Morgan fingerprint density at radius 3 is 2.51 bits per heavy atom. The Balaban J connectivity index is 1.89. The molecule has 6 nitrogen and oxygen atoms in total. The monoisotopic (exact) mass is 517 g/mol. The van der Waals surface area contributed by atoms with Crippen molar-refractivity contribution >= 4 is 35.0 Å². The van der Waals surface area contributed by atoms with Crippen LogP contribution in [-0.4, -0.2) is 43.2 Å². The molecule has 1 aliphatic carbocycles. The van der Waals surface area contributed by atoms with E-state index in [0.29, 0.717) is 41.8 Å². The third kappa shape index (κ3) is 4.14. The van der Waals surface area contributed by atoms with E-state index in [1.165, 1.54) is 0 Å². The summed E-state index contributed by atoms with van der Waals surface area (Å²) in [6.07, 6.45) is 1.97. The Hall–Kier alpha value is -2.12. The van der Waals surface area contributed by atoms with Crippen LogP contribution in [-0.2, 0) is 15.1 Å². The van der Waals surface area contributed by atoms with Crippen molar-refractivity contribution in [1.29, 1.82) is 0 Å². The number of aliphatic hydroxyl groups excluding tert-OH is 1. The summed E-state index contributed by atoms with van der Waals surface area (Å²) in [5.41, 5.74) is 8.40. The van der Waals surface area contributed by atoms with Gasteiger partial charge in [-0.2, -0.15) is 0 Å². The number of aliphatic imine (C=N–C) groups is 1. The Morgan fingerprint density at radius 2 is 1.94 bits per heavy atom. The fourth-order valence-electron chi connectivity index (χ4n) is 6.44. The third-order valence-corrected chi connectivity index (χ3v) is 8.59. The lowest BCUT2D eigenvalue weighted by molar-refractivity contribution is -0.133. The summed E-state index contributed by atoms with van der Waals surface area (Å²) in [5, 5.41) is 14.5. The Morgan fingerprint density at radius 1 is 1.23 bits per heavy atom. The SMILES string of the molecule is CCOC(=NC)c1ccc([C@@H]2CC[C@@]3(CC)C(=O)N[C@H](CO)[C@H]3[C@@]2(N)c2ccc(Cl)cc2)c(Cl)c1. The minimum Gasteiger partial charge on any atom is -0.478 e. The highest BCUT2D eigenvalue weighted by Crippen LogP contribution is 2.61. The van der Waals surface area contributed by atoms with Crippen molar-refractivity contribution in [2.24, 2.45) is 22.1 Å². The van der Waals surface area contributed by atoms with Gasteiger partial charge in [-0.15, -0.1) is 0 Å². The van der Waals surface area contributed by atoms with E-state index in [1.54, 1.807) is 7.05 Å². The van der Waals surface area contributed by atoms with Crippen LogP contribution < -0.4 is 11.1 Å². The van der Waals surface area contributed by atoms with Crippen LogP contribution in [0.5, 0.6) is 0 Å². The lowest BCUT2D eigenvalue weighted by atomic mass is 9.50. The van der Waals surface area contributed by atoms with Crippen LogP contribution in [0.2, 0.25) is 10.0 Å². The van der Waals surface area contributed by atoms with E-state index in [-0.39, 0.29) is 24.3 Å². The van der Waals surface area contributed by atoms with Gasteiger partial charge in [-0.1, -0.05) is 48.3 Å². The highest BCUT2D eigenvalue weighted by molar-refractivity contribution is 6.32. The fraction of sp³-hybridized carbons (Fsp3) is 0.481. The topological polar surface area (TPSA) is 96.9 Å². The molecule has 1 aliphatic heterocycles. The summed E-state index contributed by atoms with van der Waals surface area (Å²) in [6, 6.07) is 12.8. The molecule has 0 radical (unpaired) electrons. The zero-order valence-electron chi connectivity index (χ0n) is 20.4. The first-order valence-corrected chi connectivity index (χ1v) is 12.9. The van der Waals surface area contributed by atoms with Crippen LogP contribution in [0.25, 0.3) is 0 Å². The average molecular weight is 518 g/mol. The summed E-state index contributed by atoms with van der Waals surface area (Å²) in [4.78, 5) is 17.5. The summed E-state index contributed by atoms with van der Waals surface area (Å²) < 4.78 is 5.64. The van der Waals surface area contributed by atoms with Crippen LogP contribution in [0.4, 0.5) is 0 Å². The van der Waals surface area contributed by atoms with Gasteiger partial charge < -0.3 is 20.9 Å². The Kier molecular flexibility index (Phi) is 7.49. The van der Waals surface area contributed by atoms with Crippen LogP contribution in [0.1, 0.15) is 55.7 Å². The van der Waals surface area contributed by atoms with Gasteiger partial charge in [-0.3, -0.25) is 9.79 Å². The van der Waals surface area contributed by atoms with Crippen LogP contribution in [0.15, 0.2) is 47.5 Å². The van der Waals surface area contributed by atoms with E-state index in [1.807, 2.05) is 56.3 Å². The number of hydrogen-bond donors (Lipinski definition) is 3. The number of fused-ring (bicyclic) bond motifs is 1. The molecule has 4 N–H and O–H groups in total. The number of hydrogen-bond acceptors (Lipinski definition) is 5. The van der Waals surface area contributed by atoms with Gasteiger partial charge in [-0.05, 0) is 61.6 Å². The van der Waals surface area contributed by atoms with Gasteiger partial charge in [0.25, 0.3) is 0 Å². The molecule has 2 aromatic carbocycles. The van der Waals surface area contributed by atoms with Crippen molar-refractivity contribution in [3.63, 3.8) is 0 Å². The summed E-state index contributed by atoms with van der Waals surface area (Å²) >= 11 is 13.1. The minimum absolute atomic E-state index is 0.0340. The predicted octanol–water partition coefficient (Wildman–Crippen LogP) is 4.64. The predicted molar refractivity (Wildman–Crippen MR) is 140 cm³/mol. The van der Waals surface area contributed by atoms with Crippen molar-refractivity contribution in [2.45, 2.75) is 50.6 Å². The molecule has 1 heterocycles. The van der Waals surface area contributed by atoms with E-state index in [9.17, 15) is 9.90 Å². The maximum absolute atomic E-state index is 13.3. The second-order valence-electron chi connectivity index (χ2n) is 9.48. The molecule has 5 atom stereocenters. The van der Waals surface area contributed by atoms with Gasteiger partial charge in [0, 0.05) is 34.5 Å². The maximum Gasteiger partial charge on any atom is 0.226 e.